The van der Waals surface area contributed by atoms with Gasteiger partial charge in [0, 0.05) is 12.6 Å². The molecule has 0 bridgehead atoms. The smallest absolute Gasteiger partial charge is 0.406 e. The Labute approximate surface area is 165 Å². The van der Waals surface area contributed by atoms with Crippen molar-refractivity contribution in [2.75, 3.05) is 0 Å². The summed E-state index contributed by atoms with van der Waals surface area (Å²) in [5.41, 5.74) is 3.55. The molecule has 3 N–H and O–H groups in total. The van der Waals surface area contributed by atoms with Gasteiger partial charge in [-0.05, 0) is 35.4 Å². The van der Waals surface area contributed by atoms with Crippen molar-refractivity contribution in [1.82, 2.24) is 10.4 Å². The van der Waals surface area contributed by atoms with Crippen LogP contribution in [0.2, 0.25) is 5.02 Å². The van der Waals surface area contributed by atoms with Crippen LogP contribution in [0.25, 0.3) is 0 Å². The molecule has 0 amide bonds. The summed E-state index contributed by atoms with van der Waals surface area (Å²) in [6, 6.07) is 18.4. The number of hydrogen-bond donors (Lipinski definition) is 2. The summed E-state index contributed by atoms with van der Waals surface area (Å²) in [6.07, 6.45) is -2.99. The Morgan fingerprint density at radius 2 is 1.75 bits per heavy atom. The van der Waals surface area contributed by atoms with Gasteiger partial charge in [0.25, 0.3) is 0 Å². The molecule has 3 aromatic rings. The highest BCUT2D eigenvalue weighted by atomic mass is 35.5. The third-order valence-electron chi connectivity index (χ3n) is 4.28. The second-order valence-corrected chi connectivity index (χ2v) is 6.59. The molecule has 0 saturated carbocycles. The van der Waals surface area contributed by atoms with E-state index in [1.807, 2.05) is 30.3 Å². The van der Waals surface area contributed by atoms with Crippen LogP contribution in [-0.2, 0) is 12.0 Å². The molecule has 2 aromatic carbocycles. The largest absolute Gasteiger partial charge is 0.573 e. The van der Waals surface area contributed by atoms with E-state index in [0.717, 1.165) is 5.56 Å². The van der Waals surface area contributed by atoms with Crippen LogP contribution >= 0.6 is 11.6 Å². The number of pyridine rings is 1. The summed E-state index contributed by atoms with van der Waals surface area (Å²) < 4.78 is 42.1. The van der Waals surface area contributed by atoms with Crippen LogP contribution in [-0.4, -0.2) is 11.3 Å². The normalized spacial score (nSPS) is 13.8. The maximum absolute atomic E-state index is 12.7. The minimum absolute atomic E-state index is 0.341. The lowest BCUT2D eigenvalue weighted by molar-refractivity contribution is -0.274. The van der Waals surface area contributed by atoms with Crippen LogP contribution in [0.1, 0.15) is 16.8 Å². The van der Waals surface area contributed by atoms with E-state index in [0.29, 0.717) is 22.7 Å². The van der Waals surface area contributed by atoms with Crippen molar-refractivity contribution in [3.8, 4) is 5.75 Å². The first-order chi connectivity index (χ1) is 13.3. The van der Waals surface area contributed by atoms with Crippen molar-refractivity contribution in [3.63, 3.8) is 0 Å². The van der Waals surface area contributed by atoms with Gasteiger partial charge in [0.1, 0.15) is 11.3 Å². The van der Waals surface area contributed by atoms with Crippen molar-refractivity contribution in [3.05, 3.63) is 94.8 Å². The van der Waals surface area contributed by atoms with Crippen LogP contribution in [0.4, 0.5) is 13.2 Å². The Bertz CT molecular complexity index is 920. The van der Waals surface area contributed by atoms with Crippen molar-refractivity contribution in [1.29, 1.82) is 0 Å². The molecule has 1 aromatic heterocycles. The van der Waals surface area contributed by atoms with E-state index in [1.54, 1.807) is 18.2 Å². The van der Waals surface area contributed by atoms with Crippen molar-refractivity contribution in [2.45, 2.75) is 18.3 Å². The Kier molecular flexibility index (Phi) is 5.88. The predicted octanol–water partition coefficient (Wildman–Crippen LogP) is 4.58. The lowest BCUT2D eigenvalue weighted by atomic mass is 9.81. The number of alkyl halides is 3. The molecule has 1 heterocycles. The molecule has 0 fully saturated rings. The number of nitrogens with one attached hydrogen (secondary N) is 1. The van der Waals surface area contributed by atoms with Gasteiger partial charge in [0.05, 0.1) is 10.7 Å². The summed E-state index contributed by atoms with van der Waals surface area (Å²) in [6.45, 7) is 0. The van der Waals surface area contributed by atoms with Gasteiger partial charge >= 0.3 is 6.36 Å². The number of nitrogens with two attached hydrogens (primary N) is 1. The van der Waals surface area contributed by atoms with Crippen molar-refractivity contribution < 1.29 is 17.9 Å². The SMILES string of the molecule is NNC(Cc1ccccc1)(c1cccc(OC(F)(F)F)c1)c1ccc(Cl)cn1. The fraction of sp³-hybridized carbons (Fsp3) is 0.150. The fourth-order valence-corrected chi connectivity index (χ4v) is 3.15. The second-order valence-electron chi connectivity index (χ2n) is 6.15. The number of ether oxygens (including phenoxy) is 1. The van der Waals surface area contributed by atoms with Crippen LogP contribution in [0.3, 0.4) is 0 Å². The quantitative estimate of drug-likeness (QED) is 0.463. The number of rotatable bonds is 6. The monoisotopic (exact) mass is 407 g/mol. The number of halogens is 4. The van der Waals surface area contributed by atoms with Crippen LogP contribution in [0.5, 0.6) is 5.75 Å². The first-order valence-corrected chi connectivity index (χ1v) is 8.70. The number of benzene rings is 2. The summed E-state index contributed by atoms with van der Waals surface area (Å²) in [7, 11) is 0. The zero-order valence-corrected chi connectivity index (χ0v) is 15.3. The molecule has 1 unspecified atom stereocenters. The number of nitrogens with zero attached hydrogens (tertiary/aromatic N) is 1. The van der Waals surface area contributed by atoms with Gasteiger partial charge < -0.3 is 4.74 Å². The Morgan fingerprint density at radius 3 is 2.36 bits per heavy atom. The van der Waals surface area contributed by atoms with Crippen LogP contribution in [0, 0.1) is 0 Å². The van der Waals surface area contributed by atoms with Gasteiger partial charge in [0.2, 0.25) is 0 Å². The molecule has 0 aliphatic heterocycles. The highest BCUT2D eigenvalue weighted by molar-refractivity contribution is 6.30. The Hall–Kier alpha value is -2.61. The molecule has 3 rings (SSSR count). The standard InChI is InChI=1S/C20H17ClF3N3O/c21-16-9-10-18(26-13-16)19(27-25,12-14-5-2-1-3-6-14)15-7-4-8-17(11-15)28-20(22,23)24/h1-11,13,27H,12,25H2. The lowest BCUT2D eigenvalue weighted by Gasteiger charge is -2.34. The first-order valence-electron chi connectivity index (χ1n) is 8.32. The fourth-order valence-electron chi connectivity index (χ4n) is 3.04. The maximum atomic E-state index is 12.7. The molecule has 0 aliphatic carbocycles. The van der Waals surface area contributed by atoms with E-state index in [9.17, 15) is 13.2 Å². The predicted molar refractivity (Wildman–Crippen MR) is 101 cm³/mol. The van der Waals surface area contributed by atoms with Gasteiger partial charge in [-0.2, -0.15) is 0 Å². The molecular weight excluding hydrogens is 391 g/mol. The van der Waals surface area contributed by atoms with Crippen molar-refractivity contribution in [2.24, 2.45) is 5.84 Å². The first kappa shape index (κ1) is 20.1. The van der Waals surface area contributed by atoms with Gasteiger partial charge in [-0.15, -0.1) is 13.2 Å². The summed E-state index contributed by atoms with van der Waals surface area (Å²) in [5.74, 6) is 5.61. The molecule has 4 nitrogen and oxygen atoms in total. The molecule has 0 aliphatic rings. The molecule has 8 heteroatoms. The van der Waals surface area contributed by atoms with E-state index in [4.69, 9.17) is 17.4 Å². The van der Waals surface area contributed by atoms with E-state index in [2.05, 4.69) is 15.1 Å². The summed E-state index contributed by atoms with van der Waals surface area (Å²) >= 11 is 5.95. The van der Waals surface area contributed by atoms with Gasteiger partial charge in [-0.3, -0.25) is 10.8 Å². The minimum Gasteiger partial charge on any atom is -0.406 e. The average molecular weight is 408 g/mol. The Balaban J connectivity index is 2.12. The third-order valence-corrected chi connectivity index (χ3v) is 4.51. The van der Waals surface area contributed by atoms with Crippen molar-refractivity contribution >= 4 is 11.6 Å². The number of hydrogen-bond acceptors (Lipinski definition) is 4. The number of aromatic nitrogens is 1. The zero-order valence-electron chi connectivity index (χ0n) is 14.6. The highest BCUT2D eigenvalue weighted by Crippen LogP contribution is 2.35. The van der Waals surface area contributed by atoms with E-state index in [1.165, 1.54) is 24.4 Å². The van der Waals surface area contributed by atoms with E-state index in [-0.39, 0.29) is 5.75 Å². The molecule has 1 atom stereocenters. The van der Waals surface area contributed by atoms with Gasteiger partial charge in [0.15, 0.2) is 0 Å². The van der Waals surface area contributed by atoms with E-state index < -0.39 is 11.9 Å². The summed E-state index contributed by atoms with van der Waals surface area (Å²) in [4.78, 5) is 4.36. The molecular formula is C20H17ClF3N3O. The van der Waals surface area contributed by atoms with Gasteiger partial charge in [-0.25, -0.2) is 5.43 Å². The third kappa shape index (κ3) is 4.62. The lowest BCUT2D eigenvalue weighted by Crippen LogP contribution is -2.50. The molecule has 28 heavy (non-hydrogen) atoms. The van der Waals surface area contributed by atoms with Gasteiger partial charge in [-0.1, -0.05) is 54.1 Å². The second kappa shape index (κ2) is 8.18. The number of hydrazine groups is 1. The van der Waals surface area contributed by atoms with E-state index >= 15 is 0 Å². The zero-order chi connectivity index (χ0) is 20.2. The maximum Gasteiger partial charge on any atom is 0.573 e. The van der Waals surface area contributed by atoms with Crippen LogP contribution < -0.4 is 16.0 Å². The molecule has 0 saturated heterocycles. The molecule has 0 radical (unpaired) electrons. The molecule has 0 spiro atoms. The topological polar surface area (TPSA) is 60.2 Å². The average Bonchev–Trinajstić information content (AvgIpc) is 2.66. The Morgan fingerprint density at radius 1 is 1.00 bits per heavy atom. The molecule has 146 valence electrons. The highest BCUT2D eigenvalue weighted by Gasteiger charge is 2.37. The summed E-state index contributed by atoms with van der Waals surface area (Å²) in [5, 5.41) is 0.434. The minimum atomic E-state index is -4.80. The van der Waals surface area contributed by atoms with Crippen LogP contribution in [0.15, 0.2) is 72.9 Å².